The topological polar surface area (TPSA) is 96.0 Å². The summed E-state index contributed by atoms with van der Waals surface area (Å²) in [6.07, 6.45) is 1.90. The van der Waals surface area contributed by atoms with E-state index in [4.69, 9.17) is 16.3 Å². The van der Waals surface area contributed by atoms with Gasteiger partial charge in [0.15, 0.2) is 0 Å². The number of benzene rings is 3. The van der Waals surface area contributed by atoms with Crippen molar-refractivity contribution >= 4 is 50.9 Å². The van der Waals surface area contributed by atoms with Crippen molar-refractivity contribution in [3.05, 3.63) is 83.4 Å². The summed E-state index contributed by atoms with van der Waals surface area (Å²) in [5.74, 6) is -0.637. The Labute approximate surface area is 239 Å². The summed E-state index contributed by atoms with van der Waals surface area (Å²) in [5, 5.41) is 3.04. The van der Waals surface area contributed by atoms with Crippen molar-refractivity contribution in [2.45, 2.75) is 36.2 Å². The zero-order valence-corrected chi connectivity index (χ0v) is 24.6. The molecule has 1 atom stereocenters. The Morgan fingerprint density at radius 1 is 1.05 bits per heavy atom. The average Bonchev–Trinajstić information content (AvgIpc) is 2.94. The molecule has 0 spiro atoms. The van der Waals surface area contributed by atoms with E-state index in [1.54, 1.807) is 74.5 Å². The van der Waals surface area contributed by atoms with Gasteiger partial charge in [-0.05, 0) is 74.2 Å². The molecule has 0 saturated heterocycles. The molecule has 0 fully saturated rings. The van der Waals surface area contributed by atoms with Crippen molar-refractivity contribution in [2.75, 3.05) is 30.8 Å². The number of nitrogens with one attached hydrogen (secondary N) is 1. The minimum atomic E-state index is -4.20. The van der Waals surface area contributed by atoms with Gasteiger partial charge in [0, 0.05) is 23.5 Å². The first-order valence-corrected chi connectivity index (χ1v) is 15.3. The van der Waals surface area contributed by atoms with Gasteiger partial charge in [-0.25, -0.2) is 8.42 Å². The molecule has 0 aliphatic heterocycles. The minimum Gasteiger partial charge on any atom is -0.492 e. The van der Waals surface area contributed by atoms with Gasteiger partial charge in [0.2, 0.25) is 11.8 Å². The normalized spacial score (nSPS) is 11.9. The van der Waals surface area contributed by atoms with Crippen LogP contribution in [0.15, 0.2) is 82.6 Å². The van der Waals surface area contributed by atoms with Gasteiger partial charge in [-0.3, -0.25) is 13.9 Å². The van der Waals surface area contributed by atoms with Crippen LogP contribution in [0.4, 0.5) is 5.69 Å². The highest BCUT2D eigenvalue weighted by Gasteiger charge is 2.33. The summed E-state index contributed by atoms with van der Waals surface area (Å²) < 4.78 is 34.8. The van der Waals surface area contributed by atoms with Gasteiger partial charge in [0.05, 0.1) is 17.2 Å². The molecule has 3 aromatic rings. The molecule has 3 rings (SSSR count). The van der Waals surface area contributed by atoms with Crippen molar-refractivity contribution in [2.24, 2.45) is 0 Å². The molecule has 0 bridgehead atoms. The van der Waals surface area contributed by atoms with E-state index in [1.165, 1.54) is 35.8 Å². The molecule has 0 unspecified atom stereocenters. The lowest BCUT2D eigenvalue weighted by molar-refractivity contribution is -0.139. The standard InChI is InChI=1S/C28H32ClN3O5S2/c1-5-37-26-12-7-6-11-25(26)32(39(35,36)24-15-13-23(38-4)14-16-24)19-27(33)31(20(2)28(34)30-3)18-21-9-8-10-22(29)17-21/h6-17,20H,5,18-19H2,1-4H3,(H,30,34)/t20-/m1/s1. The number of rotatable bonds is 12. The van der Waals surface area contributed by atoms with Crippen LogP contribution in [0, 0.1) is 0 Å². The molecule has 11 heteroatoms. The van der Waals surface area contributed by atoms with Crippen molar-refractivity contribution in [1.82, 2.24) is 10.2 Å². The average molecular weight is 590 g/mol. The Kier molecular flexibility index (Phi) is 10.7. The van der Waals surface area contributed by atoms with Crippen molar-refractivity contribution in [1.29, 1.82) is 0 Å². The molecule has 0 saturated carbocycles. The fourth-order valence-electron chi connectivity index (χ4n) is 3.95. The van der Waals surface area contributed by atoms with E-state index in [1.807, 2.05) is 6.26 Å². The van der Waals surface area contributed by atoms with Gasteiger partial charge >= 0.3 is 0 Å². The molecule has 0 aliphatic carbocycles. The fraction of sp³-hybridized carbons (Fsp3) is 0.286. The van der Waals surface area contributed by atoms with Gasteiger partial charge in [-0.2, -0.15) is 0 Å². The lowest BCUT2D eigenvalue weighted by Gasteiger charge is -2.32. The maximum absolute atomic E-state index is 14.0. The summed E-state index contributed by atoms with van der Waals surface area (Å²) in [4.78, 5) is 28.8. The molecule has 2 amide bonds. The van der Waals surface area contributed by atoms with Gasteiger partial charge in [-0.15, -0.1) is 11.8 Å². The highest BCUT2D eigenvalue weighted by atomic mass is 35.5. The van der Waals surface area contributed by atoms with Crippen molar-refractivity contribution in [3.8, 4) is 5.75 Å². The Balaban J connectivity index is 2.09. The zero-order valence-electron chi connectivity index (χ0n) is 22.3. The van der Waals surface area contributed by atoms with Crippen molar-refractivity contribution < 1.29 is 22.7 Å². The number of para-hydroxylation sites is 2. The van der Waals surface area contributed by atoms with Gasteiger partial charge < -0.3 is 15.0 Å². The number of thioether (sulfide) groups is 1. The third kappa shape index (κ3) is 7.46. The number of sulfonamides is 1. The largest absolute Gasteiger partial charge is 0.492 e. The molecular weight excluding hydrogens is 558 g/mol. The van der Waals surface area contributed by atoms with E-state index < -0.39 is 28.5 Å². The van der Waals surface area contributed by atoms with Crippen LogP contribution in [0.1, 0.15) is 19.4 Å². The van der Waals surface area contributed by atoms with E-state index in [0.717, 1.165) is 9.20 Å². The predicted octanol–water partition coefficient (Wildman–Crippen LogP) is 4.82. The summed E-state index contributed by atoms with van der Waals surface area (Å²) in [5.41, 5.74) is 0.917. The number of hydrogen-bond donors (Lipinski definition) is 1. The Hall–Kier alpha value is -3.21. The molecule has 1 N–H and O–H groups in total. The maximum Gasteiger partial charge on any atom is 0.264 e. The smallest absolute Gasteiger partial charge is 0.264 e. The third-order valence-electron chi connectivity index (χ3n) is 6.02. The van der Waals surface area contributed by atoms with Crippen LogP contribution in [0.2, 0.25) is 5.02 Å². The molecule has 0 aromatic heterocycles. The number of carbonyl (C=O) groups is 2. The minimum absolute atomic E-state index is 0.0279. The summed E-state index contributed by atoms with van der Waals surface area (Å²) >= 11 is 7.64. The molecule has 8 nitrogen and oxygen atoms in total. The summed E-state index contributed by atoms with van der Waals surface area (Å²) in [7, 11) is -2.72. The van der Waals surface area contributed by atoms with E-state index in [2.05, 4.69) is 5.32 Å². The molecule has 3 aromatic carbocycles. The molecule has 39 heavy (non-hydrogen) atoms. The Morgan fingerprint density at radius 3 is 2.36 bits per heavy atom. The zero-order chi connectivity index (χ0) is 28.6. The summed E-state index contributed by atoms with van der Waals surface area (Å²) in [6, 6.07) is 19.2. The number of halogens is 1. The number of carbonyl (C=O) groups excluding carboxylic acids is 2. The second-order valence-electron chi connectivity index (χ2n) is 8.53. The van der Waals surface area contributed by atoms with Gasteiger partial charge in [0.1, 0.15) is 18.3 Å². The Morgan fingerprint density at radius 2 is 1.74 bits per heavy atom. The first-order valence-electron chi connectivity index (χ1n) is 12.3. The number of ether oxygens (including phenoxy) is 1. The number of amides is 2. The second-order valence-corrected chi connectivity index (χ2v) is 11.7. The van der Waals surface area contributed by atoms with Gasteiger partial charge in [0.25, 0.3) is 10.0 Å². The highest BCUT2D eigenvalue weighted by molar-refractivity contribution is 7.98. The fourth-order valence-corrected chi connectivity index (χ4v) is 6.00. The molecule has 208 valence electrons. The summed E-state index contributed by atoms with van der Waals surface area (Å²) in [6.45, 7) is 3.18. The predicted molar refractivity (Wildman–Crippen MR) is 156 cm³/mol. The van der Waals surface area contributed by atoms with Crippen LogP contribution < -0.4 is 14.4 Å². The van der Waals surface area contributed by atoms with Crippen LogP contribution in [-0.4, -0.2) is 57.6 Å². The van der Waals surface area contributed by atoms with Crippen LogP contribution in [0.5, 0.6) is 5.75 Å². The lowest BCUT2D eigenvalue weighted by Crippen LogP contribution is -2.50. The lowest BCUT2D eigenvalue weighted by atomic mass is 10.1. The Bertz CT molecular complexity index is 1400. The van der Waals surface area contributed by atoms with Crippen LogP contribution in [0.25, 0.3) is 0 Å². The van der Waals surface area contributed by atoms with Crippen LogP contribution in [0.3, 0.4) is 0 Å². The van der Waals surface area contributed by atoms with Crippen LogP contribution >= 0.6 is 23.4 Å². The third-order valence-corrected chi connectivity index (χ3v) is 8.77. The number of anilines is 1. The van der Waals surface area contributed by atoms with E-state index >= 15 is 0 Å². The highest BCUT2D eigenvalue weighted by Crippen LogP contribution is 2.33. The number of nitrogens with zero attached hydrogens (tertiary/aromatic N) is 2. The first kappa shape index (κ1) is 30.3. The second kappa shape index (κ2) is 13.7. The maximum atomic E-state index is 14.0. The van der Waals surface area contributed by atoms with E-state index in [-0.39, 0.29) is 23.0 Å². The van der Waals surface area contributed by atoms with Gasteiger partial charge in [-0.1, -0.05) is 35.9 Å². The van der Waals surface area contributed by atoms with E-state index in [0.29, 0.717) is 22.9 Å². The first-order chi connectivity index (χ1) is 18.6. The molecule has 0 aliphatic rings. The molecule has 0 heterocycles. The van der Waals surface area contributed by atoms with Crippen LogP contribution in [-0.2, 0) is 26.2 Å². The SMILES string of the molecule is CCOc1ccccc1N(CC(=O)N(Cc1cccc(Cl)c1)[C@H](C)C(=O)NC)S(=O)(=O)c1ccc(SC)cc1. The number of hydrogen-bond acceptors (Lipinski definition) is 6. The van der Waals surface area contributed by atoms with E-state index in [9.17, 15) is 18.0 Å². The quantitative estimate of drug-likeness (QED) is 0.304. The van der Waals surface area contributed by atoms with Crippen molar-refractivity contribution in [3.63, 3.8) is 0 Å². The number of likely N-dealkylation sites (N-methyl/N-ethyl adjacent to an activating group) is 1. The monoisotopic (exact) mass is 589 g/mol. The molecule has 0 radical (unpaired) electrons. The molecular formula is C28H32ClN3O5S2.